The lowest BCUT2D eigenvalue weighted by Gasteiger charge is -2.20. The van der Waals surface area contributed by atoms with Gasteiger partial charge < -0.3 is 14.2 Å². The molecule has 0 aliphatic carbocycles. The van der Waals surface area contributed by atoms with Gasteiger partial charge in [0.05, 0.1) is 61.5 Å². The van der Waals surface area contributed by atoms with Crippen LogP contribution in [0.25, 0.3) is 0 Å². The summed E-state index contributed by atoms with van der Waals surface area (Å²) in [5, 5.41) is 0. The smallest absolute Gasteiger partial charge is 0.241 e. The first-order valence-electron chi connectivity index (χ1n) is 14.7. The first kappa shape index (κ1) is 34.5. The van der Waals surface area contributed by atoms with E-state index in [0.29, 0.717) is 0 Å². The van der Waals surface area contributed by atoms with Gasteiger partial charge in [0.25, 0.3) is 0 Å². The van der Waals surface area contributed by atoms with Gasteiger partial charge in [-0.05, 0) is 49.2 Å². The van der Waals surface area contributed by atoms with Crippen LogP contribution in [0.5, 0.6) is 0 Å². The van der Waals surface area contributed by atoms with Crippen LogP contribution in [0.3, 0.4) is 0 Å². The summed E-state index contributed by atoms with van der Waals surface area (Å²) in [5.41, 5.74) is 3.52. The Morgan fingerprint density at radius 1 is 0.489 bits per heavy atom. The van der Waals surface area contributed by atoms with Crippen molar-refractivity contribution >= 4 is 20.0 Å². The van der Waals surface area contributed by atoms with Crippen LogP contribution in [-0.2, 0) is 34.3 Å². The lowest BCUT2D eigenvalue weighted by molar-refractivity contribution is 0.00835. The summed E-state index contributed by atoms with van der Waals surface area (Å²) in [6.07, 6.45) is 0. The van der Waals surface area contributed by atoms with Crippen LogP contribution in [0.2, 0.25) is 0 Å². The van der Waals surface area contributed by atoms with E-state index in [9.17, 15) is 16.8 Å². The zero-order valence-electron chi connectivity index (χ0n) is 25.5. The van der Waals surface area contributed by atoms with Crippen molar-refractivity contribution < 1.29 is 31.0 Å². The van der Waals surface area contributed by atoms with Crippen molar-refractivity contribution in [2.24, 2.45) is 0 Å². The monoisotopic (exact) mass is 652 g/mol. The Bertz CT molecular complexity index is 1540. The molecule has 0 fully saturated rings. The van der Waals surface area contributed by atoms with Crippen molar-refractivity contribution in [1.29, 1.82) is 0 Å². The molecule has 240 valence electrons. The predicted octanol–water partition coefficient (Wildman–Crippen LogP) is 5.09. The fourth-order valence-electron chi connectivity index (χ4n) is 4.45. The first-order chi connectivity index (χ1) is 21.6. The summed E-state index contributed by atoms with van der Waals surface area (Å²) < 4.78 is 74.8. The highest BCUT2D eigenvalue weighted by molar-refractivity contribution is 7.89. The molecule has 4 aromatic carbocycles. The number of nitrogens with one attached hydrogen (secondary N) is 2. The summed E-state index contributed by atoms with van der Waals surface area (Å²) >= 11 is 0. The fraction of sp³-hybridized carbons (Fsp3) is 0.294. The van der Waals surface area contributed by atoms with Crippen molar-refractivity contribution in [3.63, 3.8) is 0 Å². The van der Waals surface area contributed by atoms with Crippen molar-refractivity contribution in [2.75, 3.05) is 39.6 Å². The second-order valence-corrected chi connectivity index (χ2v) is 14.0. The van der Waals surface area contributed by atoms with Crippen LogP contribution in [-0.4, -0.2) is 56.5 Å². The predicted molar refractivity (Wildman–Crippen MR) is 174 cm³/mol. The van der Waals surface area contributed by atoms with Crippen molar-refractivity contribution in [2.45, 2.75) is 35.7 Å². The van der Waals surface area contributed by atoms with Crippen LogP contribution >= 0.6 is 0 Å². The Morgan fingerprint density at radius 2 is 0.822 bits per heavy atom. The van der Waals surface area contributed by atoms with Crippen LogP contribution in [0, 0.1) is 13.8 Å². The van der Waals surface area contributed by atoms with Gasteiger partial charge in [-0.3, -0.25) is 0 Å². The zero-order chi connectivity index (χ0) is 32.1. The average Bonchev–Trinajstić information content (AvgIpc) is 3.04. The number of ether oxygens (including phenoxy) is 3. The van der Waals surface area contributed by atoms with Crippen molar-refractivity contribution in [3.05, 3.63) is 131 Å². The van der Waals surface area contributed by atoms with Gasteiger partial charge in [0, 0.05) is 0 Å². The molecule has 9 nitrogen and oxygen atoms in total. The highest BCUT2D eigenvalue weighted by atomic mass is 32.2. The van der Waals surface area contributed by atoms with Gasteiger partial charge in [0.1, 0.15) is 0 Å². The number of hydrogen-bond donors (Lipinski definition) is 2. The third-order valence-corrected chi connectivity index (χ3v) is 9.95. The van der Waals surface area contributed by atoms with Crippen molar-refractivity contribution in [3.8, 4) is 0 Å². The number of aryl methyl sites for hydroxylation is 2. The van der Waals surface area contributed by atoms with Gasteiger partial charge in [-0.1, -0.05) is 96.1 Å². The highest BCUT2D eigenvalue weighted by Gasteiger charge is 2.23. The van der Waals surface area contributed by atoms with Crippen molar-refractivity contribution in [1.82, 2.24) is 9.44 Å². The van der Waals surface area contributed by atoms with E-state index in [4.69, 9.17) is 14.2 Å². The first-order valence-corrected chi connectivity index (χ1v) is 17.6. The van der Waals surface area contributed by atoms with Crippen LogP contribution in [0.4, 0.5) is 0 Å². The van der Waals surface area contributed by atoms with E-state index >= 15 is 0 Å². The molecule has 0 radical (unpaired) electrons. The molecule has 0 saturated carbocycles. The lowest BCUT2D eigenvalue weighted by Crippen LogP contribution is -2.32. The molecular formula is C34H40N2O7S2. The number of sulfonamides is 2. The van der Waals surface area contributed by atoms with Gasteiger partial charge in [-0.15, -0.1) is 0 Å². The second-order valence-electron chi connectivity index (χ2n) is 10.6. The quantitative estimate of drug-likeness (QED) is 0.144. The Hall–Kier alpha value is -3.42. The summed E-state index contributed by atoms with van der Waals surface area (Å²) in [7, 11) is -7.52. The highest BCUT2D eigenvalue weighted by Crippen LogP contribution is 2.20. The van der Waals surface area contributed by atoms with E-state index < -0.39 is 32.1 Å². The SMILES string of the molecule is Cc1ccc(S(=O)(=O)N[C@H](COCCOCCOC[C@@H](NS(=O)(=O)c2ccc(C)cc2)c2ccccc2)c2ccccc2)cc1. The third kappa shape index (κ3) is 10.9. The molecule has 11 heteroatoms. The maximum atomic E-state index is 13.0. The van der Waals surface area contributed by atoms with Gasteiger partial charge >= 0.3 is 0 Å². The van der Waals surface area contributed by atoms with E-state index in [1.807, 2.05) is 74.5 Å². The van der Waals surface area contributed by atoms with E-state index in [1.165, 1.54) is 0 Å². The summed E-state index contributed by atoms with van der Waals surface area (Å²) in [5.74, 6) is 0. The van der Waals surface area contributed by atoms with Gasteiger partial charge in [-0.25, -0.2) is 26.3 Å². The minimum absolute atomic E-state index is 0.120. The Labute approximate surface area is 266 Å². The Kier molecular flexibility index (Phi) is 12.8. The lowest BCUT2D eigenvalue weighted by atomic mass is 10.1. The molecule has 0 amide bonds. The number of rotatable bonds is 18. The van der Waals surface area contributed by atoms with Gasteiger partial charge in [0.15, 0.2) is 0 Å². The number of benzene rings is 4. The van der Waals surface area contributed by atoms with Crippen LogP contribution in [0.1, 0.15) is 34.3 Å². The molecule has 0 saturated heterocycles. The van der Waals surface area contributed by atoms with Crippen LogP contribution < -0.4 is 9.44 Å². The minimum Gasteiger partial charge on any atom is -0.377 e. The second kappa shape index (κ2) is 16.8. The molecular weight excluding hydrogens is 613 g/mol. The molecule has 0 aromatic heterocycles. The molecule has 0 bridgehead atoms. The molecule has 0 aliphatic rings. The normalized spacial score (nSPS) is 13.4. The average molecular weight is 653 g/mol. The molecule has 0 heterocycles. The van der Waals surface area contributed by atoms with E-state index in [1.54, 1.807) is 48.5 Å². The molecule has 4 rings (SSSR count). The van der Waals surface area contributed by atoms with E-state index in [2.05, 4.69) is 9.44 Å². The molecule has 0 unspecified atom stereocenters. The maximum Gasteiger partial charge on any atom is 0.241 e. The number of hydrogen-bond acceptors (Lipinski definition) is 7. The molecule has 2 atom stereocenters. The molecule has 45 heavy (non-hydrogen) atoms. The Morgan fingerprint density at radius 3 is 1.18 bits per heavy atom. The molecule has 0 aliphatic heterocycles. The topological polar surface area (TPSA) is 120 Å². The van der Waals surface area contributed by atoms with E-state index in [0.717, 1.165) is 22.3 Å². The van der Waals surface area contributed by atoms with Gasteiger partial charge in [0.2, 0.25) is 20.0 Å². The summed E-state index contributed by atoms with van der Waals surface area (Å²) in [6.45, 7) is 5.09. The van der Waals surface area contributed by atoms with Gasteiger partial charge in [-0.2, -0.15) is 0 Å². The summed E-state index contributed by atoms with van der Waals surface area (Å²) in [6, 6.07) is 30.7. The van der Waals surface area contributed by atoms with E-state index in [-0.39, 0.29) is 49.4 Å². The minimum atomic E-state index is -3.76. The Balaban J connectivity index is 1.22. The molecule has 0 spiro atoms. The van der Waals surface area contributed by atoms with Crippen LogP contribution in [0.15, 0.2) is 119 Å². The standard InChI is InChI=1S/C34H40N2O7S2/c1-27-13-17-31(18-14-27)44(37,38)35-33(29-9-5-3-6-10-29)25-42-23-21-41-22-24-43-26-34(30-11-7-4-8-12-30)36-45(39,40)32-19-15-28(2)16-20-32/h3-20,33-36H,21-26H2,1-2H3/t33-,34-/m1/s1. The third-order valence-electron chi connectivity index (χ3n) is 6.97. The maximum absolute atomic E-state index is 13.0. The fourth-order valence-corrected chi connectivity index (χ4v) is 6.87. The molecule has 2 N–H and O–H groups in total. The summed E-state index contributed by atoms with van der Waals surface area (Å²) in [4.78, 5) is 0.379. The molecule has 4 aromatic rings. The zero-order valence-corrected chi connectivity index (χ0v) is 27.1. The largest absolute Gasteiger partial charge is 0.377 e.